The number of aliphatic hydroxyl groups is 2. The highest BCUT2D eigenvalue weighted by Gasteiger charge is 2.30. The first-order valence-electron chi connectivity index (χ1n) is 6.24. The molecule has 0 fully saturated rings. The Labute approximate surface area is 109 Å². The third-order valence-corrected chi connectivity index (χ3v) is 4.46. The largest absolute Gasteiger partial charge is 0.493 e. The first kappa shape index (κ1) is 15.7. The van der Waals surface area contributed by atoms with Gasteiger partial charge in [-0.3, -0.25) is 0 Å². The summed E-state index contributed by atoms with van der Waals surface area (Å²) in [7, 11) is -1.07. The zero-order chi connectivity index (χ0) is 13.6. The molecule has 106 valence electrons. The van der Waals surface area contributed by atoms with E-state index in [1.807, 2.05) is 0 Å². The van der Waals surface area contributed by atoms with E-state index in [2.05, 4.69) is 19.6 Å². The molecule has 0 amide bonds. The smallest absolute Gasteiger partial charge is 0.149 e. The van der Waals surface area contributed by atoms with Crippen LogP contribution in [-0.4, -0.2) is 56.6 Å². The highest BCUT2D eigenvalue weighted by Crippen LogP contribution is 2.15. The monoisotopic (exact) mass is 276 g/mol. The highest BCUT2D eigenvalue weighted by atomic mass is 28.3. The Bertz CT molecular complexity index is 264. The lowest BCUT2D eigenvalue weighted by Gasteiger charge is -2.29. The average Bonchev–Trinajstić information content (AvgIpc) is 2.29. The summed E-state index contributed by atoms with van der Waals surface area (Å²) in [6.45, 7) is 7.45. The van der Waals surface area contributed by atoms with Gasteiger partial charge < -0.3 is 24.4 Å². The molecule has 0 saturated heterocycles. The second kappa shape index (κ2) is 7.25. The van der Waals surface area contributed by atoms with E-state index >= 15 is 0 Å². The molecule has 0 unspecified atom stereocenters. The standard InChI is InChI=1S/C12H24O5Si/c1-18(2,3)7-6-15-9-17-10-4-5-16-11(8-13)12(10)14/h4-5,10-14H,6-9H2,1-3H3/t10-,11+,12-/m0/s1. The Balaban J connectivity index is 2.19. The van der Waals surface area contributed by atoms with Crippen molar-refractivity contribution < 1.29 is 24.4 Å². The lowest BCUT2D eigenvalue weighted by molar-refractivity contribution is -0.144. The van der Waals surface area contributed by atoms with Crippen LogP contribution in [0.1, 0.15) is 0 Å². The van der Waals surface area contributed by atoms with Gasteiger partial charge in [-0.05, 0) is 12.1 Å². The van der Waals surface area contributed by atoms with Crippen molar-refractivity contribution in [3.63, 3.8) is 0 Å². The Morgan fingerprint density at radius 2 is 2.06 bits per heavy atom. The molecule has 0 aromatic heterocycles. The average molecular weight is 276 g/mol. The van der Waals surface area contributed by atoms with Crippen molar-refractivity contribution in [2.75, 3.05) is 20.0 Å². The molecule has 0 aliphatic carbocycles. The van der Waals surface area contributed by atoms with Gasteiger partial charge in [-0.15, -0.1) is 0 Å². The van der Waals surface area contributed by atoms with Crippen LogP contribution < -0.4 is 0 Å². The van der Waals surface area contributed by atoms with Crippen molar-refractivity contribution in [1.29, 1.82) is 0 Å². The lowest BCUT2D eigenvalue weighted by Crippen LogP contribution is -2.43. The van der Waals surface area contributed by atoms with Crippen LogP contribution in [0, 0.1) is 0 Å². The molecule has 0 radical (unpaired) electrons. The lowest BCUT2D eigenvalue weighted by atomic mass is 10.1. The minimum Gasteiger partial charge on any atom is -0.493 e. The van der Waals surface area contributed by atoms with Crippen LogP contribution in [0.25, 0.3) is 0 Å². The fraction of sp³-hybridized carbons (Fsp3) is 0.833. The van der Waals surface area contributed by atoms with E-state index in [1.54, 1.807) is 6.08 Å². The van der Waals surface area contributed by atoms with Crippen LogP contribution in [0.3, 0.4) is 0 Å². The minimum absolute atomic E-state index is 0.148. The fourth-order valence-electron chi connectivity index (χ4n) is 1.50. The number of aliphatic hydroxyl groups excluding tert-OH is 2. The van der Waals surface area contributed by atoms with E-state index in [1.165, 1.54) is 6.26 Å². The third-order valence-electron chi connectivity index (χ3n) is 2.76. The van der Waals surface area contributed by atoms with Crippen LogP contribution in [-0.2, 0) is 14.2 Å². The third kappa shape index (κ3) is 5.49. The van der Waals surface area contributed by atoms with E-state index in [4.69, 9.17) is 19.3 Å². The molecule has 0 aromatic rings. The molecular weight excluding hydrogens is 252 g/mol. The van der Waals surface area contributed by atoms with Gasteiger partial charge in [0.1, 0.15) is 25.1 Å². The quantitative estimate of drug-likeness (QED) is 0.412. The maximum Gasteiger partial charge on any atom is 0.149 e. The summed E-state index contributed by atoms with van der Waals surface area (Å²) in [4.78, 5) is 0. The van der Waals surface area contributed by atoms with Gasteiger partial charge in [0, 0.05) is 14.7 Å². The zero-order valence-corrected chi connectivity index (χ0v) is 12.3. The molecule has 1 heterocycles. The van der Waals surface area contributed by atoms with Crippen molar-refractivity contribution in [2.45, 2.75) is 44.0 Å². The first-order chi connectivity index (χ1) is 8.44. The maximum atomic E-state index is 9.80. The summed E-state index contributed by atoms with van der Waals surface area (Å²) < 4.78 is 15.8. The SMILES string of the molecule is C[Si](C)(C)CCOCO[C@H]1C=CO[C@H](CO)[C@H]1O. The van der Waals surface area contributed by atoms with Gasteiger partial charge >= 0.3 is 0 Å². The second-order valence-corrected chi connectivity index (χ2v) is 11.3. The Hall–Kier alpha value is -0.403. The van der Waals surface area contributed by atoms with Gasteiger partial charge in [0.25, 0.3) is 0 Å². The van der Waals surface area contributed by atoms with Gasteiger partial charge in [0.05, 0.1) is 12.9 Å². The molecule has 0 saturated carbocycles. The Morgan fingerprint density at radius 1 is 1.33 bits per heavy atom. The van der Waals surface area contributed by atoms with Crippen molar-refractivity contribution in [3.8, 4) is 0 Å². The molecule has 0 bridgehead atoms. The molecule has 0 aromatic carbocycles. The summed E-state index contributed by atoms with van der Waals surface area (Å²) in [5, 5.41) is 18.8. The molecule has 6 heteroatoms. The summed E-state index contributed by atoms with van der Waals surface area (Å²) in [5.74, 6) is 0. The van der Waals surface area contributed by atoms with Gasteiger partial charge in [-0.25, -0.2) is 0 Å². The normalized spacial score (nSPS) is 28.2. The number of hydrogen-bond donors (Lipinski definition) is 2. The molecular formula is C12H24O5Si. The zero-order valence-electron chi connectivity index (χ0n) is 11.3. The number of rotatable bonds is 7. The van der Waals surface area contributed by atoms with Crippen LogP contribution in [0.4, 0.5) is 0 Å². The molecule has 1 aliphatic rings. The Morgan fingerprint density at radius 3 is 2.67 bits per heavy atom. The number of ether oxygens (including phenoxy) is 3. The van der Waals surface area contributed by atoms with E-state index in [-0.39, 0.29) is 13.4 Å². The first-order valence-corrected chi connectivity index (χ1v) is 9.95. The van der Waals surface area contributed by atoms with E-state index in [0.717, 1.165) is 6.04 Å². The van der Waals surface area contributed by atoms with Gasteiger partial charge in [-0.2, -0.15) is 0 Å². The second-order valence-electron chi connectivity index (χ2n) is 5.64. The highest BCUT2D eigenvalue weighted by molar-refractivity contribution is 6.76. The van der Waals surface area contributed by atoms with Crippen molar-refractivity contribution >= 4 is 8.07 Å². The fourth-order valence-corrected chi connectivity index (χ4v) is 2.26. The Kier molecular flexibility index (Phi) is 6.31. The van der Waals surface area contributed by atoms with E-state index in [9.17, 15) is 5.11 Å². The molecule has 2 N–H and O–H groups in total. The maximum absolute atomic E-state index is 9.80. The van der Waals surface area contributed by atoms with Crippen molar-refractivity contribution in [2.24, 2.45) is 0 Å². The summed E-state index contributed by atoms with van der Waals surface area (Å²) in [6, 6.07) is 1.09. The van der Waals surface area contributed by atoms with Gasteiger partial charge in [0.2, 0.25) is 0 Å². The molecule has 1 aliphatic heterocycles. The van der Waals surface area contributed by atoms with Crippen LogP contribution in [0.5, 0.6) is 0 Å². The molecule has 18 heavy (non-hydrogen) atoms. The van der Waals surface area contributed by atoms with Gasteiger partial charge in [-0.1, -0.05) is 19.6 Å². The minimum atomic E-state index is -1.07. The molecule has 5 nitrogen and oxygen atoms in total. The predicted molar refractivity (Wildman–Crippen MR) is 71.0 cm³/mol. The van der Waals surface area contributed by atoms with Crippen LogP contribution >= 0.6 is 0 Å². The van der Waals surface area contributed by atoms with E-state index in [0.29, 0.717) is 6.61 Å². The van der Waals surface area contributed by atoms with Crippen molar-refractivity contribution in [3.05, 3.63) is 12.3 Å². The van der Waals surface area contributed by atoms with Gasteiger partial charge in [0.15, 0.2) is 0 Å². The summed E-state index contributed by atoms with van der Waals surface area (Å²) >= 11 is 0. The van der Waals surface area contributed by atoms with Crippen molar-refractivity contribution in [1.82, 2.24) is 0 Å². The summed E-state index contributed by atoms with van der Waals surface area (Å²) in [5.41, 5.74) is 0. The van der Waals surface area contributed by atoms with Crippen LogP contribution in [0.2, 0.25) is 25.7 Å². The summed E-state index contributed by atoms with van der Waals surface area (Å²) in [6.07, 6.45) is 1.10. The molecule has 1 rings (SSSR count). The predicted octanol–water partition coefficient (Wildman–Crippen LogP) is 0.950. The van der Waals surface area contributed by atoms with Crippen LogP contribution in [0.15, 0.2) is 12.3 Å². The number of hydrogen-bond acceptors (Lipinski definition) is 5. The molecule has 3 atom stereocenters. The molecule has 0 spiro atoms. The topological polar surface area (TPSA) is 68.2 Å². The van der Waals surface area contributed by atoms with E-state index < -0.39 is 26.4 Å².